The molecule has 0 aliphatic rings. The van der Waals surface area contributed by atoms with E-state index in [0.717, 1.165) is 18.2 Å². The third-order valence-electron chi connectivity index (χ3n) is 2.01. The first-order valence-electron chi connectivity index (χ1n) is 4.88. The van der Waals surface area contributed by atoms with Crippen LogP contribution < -0.4 is 5.32 Å². The Kier molecular flexibility index (Phi) is 4.53. The lowest BCUT2D eigenvalue weighted by Crippen LogP contribution is -2.23. The fraction of sp³-hybridized carbons (Fsp3) is 0.300. The number of amides is 1. The van der Waals surface area contributed by atoms with E-state index in [2.05, 4.69) is 10.1 Å². The molecule has 1 amide bonds. The van der Waals surface area contributed by atoms with Crippen LogP contribution in [0.2, 0.25) is 0 Å². The Morgan fingerprint density at radius 3 is 2.53 bits per heavy atom. The molecular weight excluding hydrogens is 287 g/mol. The summed E-state index contributed by atoms with van der Waals surface area (Å²) < 4.78 is 63.8. The van der Waals surface area contributed by atoms with Crippen molar-refractivity contribution in [1.29, 1.82) is 0 Å². The molecule has 0 aliphatic carbocycles. The highest BCUT2D eigenvalue weighted by Crippen LogP contribution is 2.31. The Morgan fingerprint density at radius 2 is 2.00 bits per heavy atom. The SMILES string of the molecule is COCC(=O)Nc1cccc(S(=O)(=O)C(F)(F)F)c1. The minimum Gasteiger partial charge on any atom is -0.375 e. The number of ether oxygens (including phenoxy) is 1. The Balaban J connectivity index is 3.05. The Hall–Kier alpha value is -1.61. The lowest BCUT2D eigenvalue weighted by Gasteiger charge is -2.10. The normalized spacial score (nSPS) is 12.2. The zero-order chi connectivity index (χ0) is 14.7. The molecule has 106 valence electrons. The maximum absolute atomic E-state index is 12.3. The number of carbonyl (C=O) groups excluding carboxylic acids is 1. The number of sulfone groups is 1. The molecule has 0 spiro atoms. The summed E-state index contributed by atoms with van der Waals surface area (Å²) in [5, 5.41) is 2.21. The monoisotopic (exact) mass is 297 g/mol. The van der Waals surface area contributed by atoms with Gasteiger partial charge in [-0.05, 0) is 18.2 Å². The van der Waals surface area contributed by atoms with E-state index in [-0.39, 0.29) is 12.3 Å². The van der Waals surface area contributed by atoms with Gasteiger partial charge in [-0.15, -0.1) is 0 Å². The fourth-order valence-electron chi connectivity index (χ4n) is 1.20. The number of hydrogen-bond donors (Lipinski definition) is 1. The minimum absolute atomic E-state index is 0.0626. The third-order valence-corrected chi connectivity index (χ3v) is 3.49. The maximum Gasteiger partial charge on any atom is 0.501 e. The van der Waals surface area contributed by atoms with Crippen LogP contribution in [0.15, 0.2) is 29.2 Å². The summed E-state index contributed by atoms with van der Waals surface area (Å²) in [5.41, 5.74) is -5.45. The number of rotatable bonds is 4. The van der Waals surface area contributed by atoms with Crippen molar-refractivity contribution in [1.82, 2.24) is 0 Å². The van der Waals surface area contributed by atoms with Gasteiger partial charge in [0, 0.05) is 12.8 Å². The van der Waals surface area contributed by atoms with Crippen molar-refractivity contribution in [3.05, 3.63) is 24.3 Å². The number of benzene rings is 1. The molecule has 0 saturated carbocycles. The molecule has 5 nitrogen and oxygen atoms in total. The van der Waals surface area contributed by atoms with E-state index >= 15 is 0 Å². The van der Waals surface area contributed by atoms with Gasteiger partial charge in [0.1, 0.15) is 6.61 Å². The molecule has 0 saturated heterocycles. The highest BCUT2D eigenvalue weighted by Gasteiger charge is 2.46. The second-order valence-electron chi connectivity index (χ2n) is 3.46. The average molecular weight is 297 g/mol. The molecule has 0 unspecified atom stereocenters. The van der Waals surface area contributed by atoms with E-state index in [1.54, 1.807) is 0 Å². The number of halogens is 3. The first kappa shape index (κ1) is 15.4. The molecule has 0 fully saturated rings. The predicted octanol–water partition coefficient (Wildman–Crippen LogP) is 1.57. The van der Waals surface area contributed by atoms with Crippen LogP contribution >= 0.6 is 0 Å². The number of nitrogens with one attached hydrogen (secondary N) is 1. The van der Waals surface area contributed by atoms with Crippen molar-refractivity contribution >= 4 is 21.4 Å². The van der Waals surface area contributed by atoms with Gasteiger partial charge < -0.3 is 10.1 Å². The molecule has 0 heterocycles. The van der Waals surface area contributed by atoms with Gasteiger partial charge >= 0.3 is 5.51 Å². The van der Waals surface area contributed by atoms with Gasteiger partial charge in [0.25, 0.3) is 9.84 Å². The lowest BCUT2D eigenvalue weighted by atomic mass is 10.3. The summed E-state index contributed by atoms with van der Waals surface area (Å²) >= 11 is 0. The van der Waals surface area contributed by atoms with Crippen LogP contribution in [0, 0.1) is 0 Å². The highest BCUT2D eigenvalue weighted by molar-refractivity contribution is 7.92. The zero-order valence-corrected chi connectivity index (χ0v) is 10.5. The summed E-state index contributed by atoms with van der Waals surface area (Å²) in [6.45, 7) is -0.295. The molecule has 0 bridgehead atoms. The van der Waals surface area contributed by atoms with Crippen LogP contribution in [0.4, 0.5) is 18.9 Å². The molecule has 0 aliphatic heterocycles. The smallest absolute Gasteiger partial charge is 0.375 e. The Bertz CT molecular complexity index is 568. The van der Waals surface area contributed by atoms with Gasteiger partial charge in [-0.25, -0.2) is 8.42 Å². The predicted molar refractivity (Wildman–Crippen MR) is 60.2 cm³/mol. The van der Waals surface area contributed by atoms with Crippen molar-refractivity contribution in [3.8, 4) is 0 Å². The average Bonchev–Trinajstić information content (AvgIpc) is 2.28. The molecule has 1 aromatic carbocycles. The van der Waals surface area contributed by atoms with E-state index in [1.807, 2.05) is 0 Å². The van der Waals surface area contributed by atoms with E-state index in [0.29, 0.717) is 0 Å². The standard InChI is InChI=1S/C10H10F3NO4S/c1-18-6-9(15)14-7-3-2-4-8(5-7)19(16,17)10(11,12)13/h2-5H,6H2,1H3,(H,14,15). The van der Waals surface area contributed by atoms with E-state index in [1.165, 1.54) is 13.2 Å². The maximum atomic E-state index is 12.3. The number of methoxy groups -OCH3 is 1. The summed E-state index contributed by atoms with van der Waals surface area (Å²) in [6, 6.07) is 3.90. The van der Waals surface area contributed by atoms with Gasteiger partial charge in [-0.2, -0.15) is 13.2 Å². The van der Waals surface area contributed by atoms with Crippen LogP contribution in [0.1, 0.15) is 0 Å². The third kappa shape index (κ3) is 3.67. The first-order valence-corrected chi connectivity index (χ1v) is 6.37. The van der Waals surface area contributed by atoms with Crippen LogP contribution in [-0.2, 0) is 19.4 Å². The molecule has 0 aromatic heterocycles. The molecule has 0 radical (unpaired) electrons. The van der Waals surface area contributed by atoms with Crippen LogP contribution in [0.25, 0.3) is 0 Å². The summed E-state index contributed by atoms with van der Waals surface area (Å²) in [4.78, 5) is 10.2. The van der Waals surface area contributed by atoms with Crippen LogP contribution in [0.5, 0.6) is 0 Å². The molecule has 1 aromatic rings. The summed E-state index contributed by atoms with van der Waals surface area (Å²) in [6.07, 6.45) is 0. The van der Waals surface area contributed by atoms with E-state index < -0.39 is 26.1 Å². The Labute approximate surface area is 107 Å². The number of hydrogen-bond acceptors (Lipinski definition) is 4. The van der Waals surface area contributed by atoms with E-state index in [9.17, 15) is 26.4 Å². The number of alkyl halides is 3. The van der Waals surface area contributed by atoms with Gasteiger partial charge in [-0.1, -0.05) is 6.07 Å². The molecule has 19 heavy (non-hydrogen) atoms. The van der Waals surface area contributed by atoms with Gasteiger partial charge in [0.15, 0.2) is 0 Å². The van der Waals surface area contributed by atoms with Gasteiger partial charge in [-0.3, -0.25) is 4.79 Å². The van der Waals surface area contributed by atoms with Crippen LogP contribution in [-0.4, -0.2) is 33.5 Å². The van der Waals surface area contributed by atoms with Crippen molar-refractivity contribution in [3.63, 3.8) is 0 Å². The minimum atomic E-state index is -5.43. The number of anilines is 1. The van der Waals surface area contributed by atoms with Gasteiger partial charge in [0.2, 0.25) is 5.91 Å². The van der Waals surface area contributed by atoms with Crippen molar-refractivity contribution in [2.45, 2.75) is 10.4 Å². The molecule has 1 rings (SSSR count). The van der Waals surface area contributed by atoms with Crippen molar-refractivity contribution in [2.75, 3.05) is 19.0 Å². The molecule has 0 atom stereocenters. The highest BCUT2D eigenvalue weighted by atomic mass is 32.2. The largest absolute Gasteiger partial charge is 0.501 e. The summed E-state index contributed by atoms with van der Waals surface area (Å²) in [7, 11) is -4.16. The number of carbonyl (C=O) groups is 1. The quantitative estimate of drug-likeness (QED) is 0.915. The molecular formula is C10H10F3NO4S. The lowest BCUT2D eigenvalue weighted by molar-refractivity contribution is -0.119. The summed E-state index contributed by atoms with van der Waals surface area (Å²) in [5.74, 6) is -0.607. The molecule has 9 heteroatoms. The Morgan fingerprint density at radius 1 is 1.37 bits per heavy atom. The first-order chi connectivity index (χ1) is 8.68. The second kappa shape index (κ2) is 5.57. The van der Waals surface area contributed by atoms with E-state index in [4.69, 9.17) is 0 Å². The van der Waals surface area contributed by atoms with Crippen LogP contribution in [0.3, 0.4) is 0 Å². The van der Waals surface area contributed by atoms with Gasteiger partial charge in [0.05, 0.1) is 4.90 Å². The van der Waals surface area contributed by atoms with Crippen molar-refractivity contribution in [2.24, 2.45) is 0 Å². The topological polar surface area (TPSA) is 72.5 Å². The van der Waals surface area contributed by atoms with Crippen molar-refractivity contribution < 1.29 is 31.1 Å². The molecule has 1 N–H and O–H groups in total. The zero-order valence-electron chi connectivity index (χ0n) is 9.69. The fourth-order valence-corrected chi connectivity index (χ4v) is 2.01. The second-order valence-corrected chi connectivity index (χ2v) is 5.40.